The van der Waals surface area contributed by atoms with Crippen LogP contribution in [-0.4, -0.2) is 28.7 Å². The van der Waals surface area contributed by atoms with Gasteiger partial charge in [0.05, 0.1) is 0 Å². The highest BCUT2D eigenvalue weighted by Gasteiger charge is 2.10. The van der Waals surface area contributed by atoms with E-state index in [1.54, 1.807) is 6.07 Å². The van der Waals surface area contributed by atoms with Crippen LogP contribution in [0.4, 0.5) is 0 Å². The van der Waals surface area contributed by atoms with Crippen molar-refractivity contribution in [2.45, 2.75) is 19.9 Å². The van der Waals surface area contributed by atoms with Gasteiger partial charge in [-0.2, -0.15) is 5.10 Å². The fourth-order valence-corrected chi connectivity index (χ4v) is 0.891. The van der Waals surface area contributed by atoms with Gasteiger partial charge in [-0.1, -0.05) is 0 Å². The highest BCUT2D eigenvalue weighted by atomic mass is 16.2. The van der Waals surface area contributed by atoms with E-state index in [-0.39, 0.29) is 11.9 Å². The van der Waals surface area contributed by atoms with Crippen molar-refractivity contribution in [2.24, 2.45) is 5.73 Å². The molecule has 0 saturated heterocycles. The van der Waals surface area contributed by atoms with E-state index < -0.39 is 0 Å². The van der Waals surface area contributed by atoms with Crippen LogP contribution in [0.1, 0.15) is 23.1 Å². The van der Waals surface area contributed by atoms with Gasteiger partial charge in [-0.15, -0.1) is 0 Å². The lowest BCUT2D eigenvalue weighted by Gasteiger charge is -2.08. The van der Waals surface area contributed by atoms with Crippen molar-refractivity contribution in [2.75, 3.05) is 6.54 Å². The fourth-order valence-electron chi connectivity index (χ4n) is 0.891. The fraction of sp³-hybridized carbons (Fsp3) is 0.500. The largest absolute Gasteiger partial charge is 0.347 e. The topological polar surface area (TPSA) is 83.8 Å². The van der Waals surface area contributed by atoms with Crippen LogP contribution in [0.15, 0.2) is 6.07 Å². The Morgan fingerprint density at radius 2 is 2.54 bits per heavy atom. The molecule has 1 amide bonds. The predicted octanol–water partition coefficient (Wildman–Crippen LogP) is -0.205. The molecule has 0 aromatic carbocycles. The molecule has 0 fully saturated rings. The summed E-state index contributed by atoms with van der Waals surface area (Å²) < 4.78 is 0. The predicted molar refractivity (Wildman–Crippen MR) is 49.3 cm³/mol. The third-order valence-electron chi connectivity index (χ3n) is 1.67. The number of amides is 1. The van der Waals surface area contributed by atoms with Gasteiger partial charge in [-0.05, 0) is 19.9 Å². The second-order valence-corrected chi connectivity index (χ2v) is 3.05. The van der Waals surface area contributed by atoms with Gasteiger partial charge in [0.15, 0.2) is 0 Å². The van der Waals surface area contributed by atoms with Crippen LogP contribution in [0.5, 0.6) is 0 Å². The number of rotatable bonds is 3. The Hall–Kier alpha value is -1.36. The summed E-state index contributed by atoms with van der Waals surface area (Å²) in [6.07, 6.45) is 0. The molecular formula is C8H14N4O. The first-order chi connectivity index (χ1) is 6.13. The molecule has 1 atom stereocenters. The number of hydrogen-bond acceptors (Lipinski definition) is 3. The highest BCUT2D eigenvalue weighted by Crippen LogP contribution is 1.97. The molecule has 0 aliphatic carbocycles. The third-order valence-corrected chi connectivity index (χ3v) is 1.67. The van der Waals surface area contributed by atoms with Gasteiger partial charge in [0, 0.05) is 18.3 Å². The van der Waals surface area contributed by atoms with Crippen molar-refractivity contribution in [1.82, 2.24) is 15.5 Å². The molecule has 1 heterocycles. The Kier molecular flexibility index (Phi) is 3.02. The van der Waals surface area contributed by atoms with E-state index in [0.717, 1.165) is 5.69 Å². The minimum atomic E-state index is -0.192. The second kappa shape index (κ2) is 4.04. The number of nitrogens with two attached hydrogens (primary N) is 1. The molecule has 0 aliphatic heterocycles. The average molecular weight is 182 g/mol. The van der Waals surface area contributed by atoms with Crippen LogP contribution in [0.25, 0.3) is 0 Å². The molecule has 13 heavy (non-hydrogen) atoms. The summed E-state index contributed by atoms with van der Waals surface area (Å²) in [5, 5.41) is 9.24. The van der Waals surface area contributed by atoms with Gasteiger partial charge in [0.25, 0.3) is 5.91 Å². The lowest BCUT2D eigenvalue weighted by atomic mass is 10.3. The second-order valence-electron chi connectivity index (χ2n) is 3.05. The molecule has 0 spiro atoms. The molecule has 5 nitrogen and oxygen atoms in total. The number of aromatic amines is 1. The molecule has 5 heteroatoms. The highest BCUT2D eigenvalue weighted by molar-refractivity contribution is 5.92. The number of hydrogen-bond donors (Lipinski definition) is 3. The Morgan fingerprint density at radius 1 is 1.85 bits per heavy atom. The van der Waals surface area contributed by atoms with Crippen molar-refractivity contribution >= 4 is 5.91 Å². The molecule has 0 saturated carbocycles. The summed E-state index contributed by atoms with van der Waals surface area (Å²) in [4.78, 5) is 11.4. The van der Waals surface area contributed by atoms with Gasteiger partial charge < -0.3 is 11.1 Å². The van der Waals surface area contributed by atoms with Gasteiger partial charge in [0.1, 0.15) is 5.69 Å². The van der Waals surface area contributed by atoms with Gasteiger partial charge in [-0.3, -0.25) is 9.89 Å². The number of aryl methyl sites for hydroxylation is 1. The van der Waals surface area contributed by atoms with E-state index in [0.29, 0.717) is 12.2 Å². The van der Waals surface area contributed by atoms with E-state index in [1.807, 2.05) is 13.8 Å². The lowest BCUT2D eigenvalue weighted by Crippen LogP contribution is -2.37. The van der Waals surface area contributed by atoms with Crippen LogP contribution >= 0.6 is 0 Å². The number of carbonyl (C=O) groups excluding carboxylic acids is 1. The van der Waals surface area contributed by atoms with Gasteiger partial charge in [0.2, 0.25) is 0 Å². The summed E-state index contributed by atoms with van der Waals surface area (Å²) in [6, 6.07) is 1.67. The molecule has 1 unspecified atom stereocenters. The summed E-state index contributed by atoms with van der Waals surface area (Å²) in [7, 11) is 0. The molecule has 0 aliphatic rings. The zero-order valence-corrected chi connectivity index (χ0v) is 7.79. The van der Waals surface area contributed by atoms with E-state index in [9.17, 15) is 4.79 Å². The Morgan fingerprint density at radius 3 is 3.00 bits per heavy atom. The SMILES string of the molecule is Cc1cc(C(=O)NC(C)CN)n[nH]1. The van der Waals surface area contributed by atoms with E-state index in [2.05, 4.69) is 15.5 Å². The van der Waals surface area contributed by atoms with Crippen LogP contribution < -0.4 is 11.1 Å². The van der Waals surface area contributed by atoms with E-state index >= 15 is 0 Å². The lowest BCUT2D eigenvalue weighted by molar-refractivity contribution is 0.0936. The summed E-state index contributed by atoms with van der Waals surface area (Å²) >= 11 is 0. The van der Waals surface area contributed by atoms with Crippen molar-refractivity contribution in [3.8, 4) is 0 Å². The standard InChI is InChI=1S/C8H14N4O/c1-5-3-7(12-11-5)8(13)10-6(2)4-9/h3,6H,4,9H2,1-2H3,(H,10,13)(H,11,12). The number of aromatic nitrogens is 2. The van der Waals surface area contributed by atoms with Crippen LogP contribution in [0.3, 0.4) is 0 Å². The maximum Gasteiger partial charge on any atom is 0.272 e. The number of nitrogens with one attached hydrogen (secondary N) is 2. The van der Waals surface area contributed by atoms with E-state index in [1.165, 1.54) is 0 Å². The van der Waals surface area contributed by atoms with Gasteiger partial charge in [-0.25, -0.2) is 0 Å². The van der Waals surface area contributed by atoms with Crippen LogP contribution in [0, 0.1) is 6.92 Å². The minimum Gasteiger partial charge on any atom is -0.347 e. The monoisotopic (exact) mass is 182 g/mol. The first-order valence-electron chi connectivity index (χ1n) is 4.16. The molecule has 4 N–H and O–H groups in total. The average Bonchev–Trinajstić information content (AvgIpc) is 2.51. The number of nitrogens with zero attached hydrogens (tertiary/aromatic N) is 1. The van der Waals surface area contributed by atoms with E-state index in [4.69, 9.17) is 5.73 Å². The Labute approximate surface area is 76.7 Å². The maximum atomic E-state index is 11.4. The van der Waals surface area contributed by atoms with Crippen LogP contribution in [0.2, 0.25) is 0 Å². The molecule has 1 aromatic heterocycles. The zero-order valence-electron chi connectivity index (χ0n) is 7.79. The van der Waals surface area contributed by atoms with Crippen LogP contribution in [-0.2, 0) is 0 Å². The van der Waals surface area contributed by atoms with Crippen molar-refractivity contribution in [1.29, 1.82) is 0 Å². The minimum absolute atomic E-state index is 0.0236. The summed E-state index contributed by atoms with van der Waals surface area (Å²) in [6.45, 7) is 4.11. The summed E-state index contributed by atoms with van der Waals surface area (Å²) in [5.74, 6) is -0.192. The van der Waals surface area contributed by atoms with Gasteiger partial charge >= 0.3 is 0 Å². The summed E-state index contributed by atoms with van der Waals surface area (Å²) in [5.41, 5.74) is 6.63. The quantitative estimate of drug-likeness (QED) is 0.605. The number of carbonyl (C=O) groups is 1. The van der Waals surface area contributed by atoms with Crippen molar-refractivity contribution < 1.29 is 4.79 Å². The number of H-pyrrole nitrogens is 1. The molecule has 1 aromatic rings. The molecule has 72 valence electrons. The van der Waals surface area contributed by atoms with Crippen molar-refractivity contribution in [3.63, 3.8) is 0 Å². The first kappa shape index (κ1) is 9.73. The Balaban J connectivity index is 2.58. The third kappa shape index (κ3) is 2.55. The molecule has 1 rings (SSSR count). The molecular weight excluding hydrogens is 168 g/mol. The smallest absolute Gasteiger partial charge is 0.272 e. The Bertz CT molecular complexity index is 294. The maximum absolute atomic E-state index is 11.4. The van der Waals surface area contributed by atoms with Crippen molar-refractivity contribution in [3.05, 3.63) is 17.5 Å². The molecule has 0 bridgehead atoms. The zero-order chi connectivity index (χ0) is 9.84. The first-order valence-corrected chi connectivity index (χ1v) is 4.16. The molecule has 0 radical (unpaired) electrons. The normalized spacial score (nSPS) is 12.5.